The second-order valence-electron chi connectivity index (χ2n) is 3.54. The van der Waals surface area contributed by atoms with Gasteiger partial charge in [-0.3, -0.25) is 0 Å². The van der Waals surface area contributed by atoms with Crippen LogP contribution in [0.4, 0.5) is 10.5 Å². The van der Waals surface area contributed by atoms with Crippen LogP contribution < -0.4 is 10.6 Å². The Morgan fingerprint density at radius 1 is 1.53 bits per heavy atom. The predicted octanol–water partition coefficient (Wildman–Crippen LogP) is 3.13. The van der Waals surface area contributed by atoms with Crippen LogP contribution in [0.3, 0.4) is 0 Å². The number of anilines is 1. The lowest BCUT2D eigenvalue weighted by Gasteiger charge is -2.08. The SMILES string of the molecule is CCCCNC(=O)Nc1ccc(C#N)cc1Cl. The highest BCUT2D eigenvalue weighted by Crippen LogP contribution is 2.22. The third-order valence-electron chi connectivity index (χ3n) is 2.16. The molecule has 2 amide bonds. The van der Waals surface area contributed by atoms with Crippen LogP contribution in [0.1, 0.15) is 25.3 Å². The highest BCUT2D eigenvalue weighted by molar-refractivity contribution is 6.33. The van der Waals surface area contributed by atoms with Crippen LogP contribution in [0, 0.1) is 11.3 Å². The predicted molar refractivity (Wildman–Crippen MR) is 68.1 cm³/mol. The molecule has 2 N–H and O–H groups in total. The van der Waals surface area contributed by atoms with E-state index in [2.05, 4.69) is 17.6 Å². The van der Waals surface area contributed by atoms with Crippen molar-refractivity contribution in [2.45, 2.75) is 19.8 Å². The van der Waals surface area contributed by atoms with Gasteiger partial charge in [-0.1, -0.05) is 24.9 Å². The van der Waals surface area contributed by atoms with Gasteiger partial charge in [0.15, 0.2) is 0 Å². The van der Waals surface area contributed by atoms with Crippen LogP contribution in [0.2, 0.25) is 5.02 Å². The van der Waals surface area contributed by atoms with Crippen LogP contribution >= 0.6 is 11.6 Å². The number of carbonyl (C=O) groups excluding carboxylic acids is 1. The standard InChI is InChI=1S/C12H14ClN3O/c1-2-3-6-15-12(17)16-11-5-4-9(8-14)7-10(11)13/h4-5,7H,2-3,6H2,1H3,(H2,15,16,17). The molecule has 0 atom stereocenters. The van der Waals surface area contributed by atoms with Crippen molar-refractivity contribution in [3.63, 3.8) is 0 Å². The summed E-state index contributed by atoms with van der Waals surface area (Å²) in [6, 6.07) is 6.42. The number of halogens is 1. The lowest BCUT2D eigenvalue weighted by atomic mass is 10.2. The molecule has 0 unspecified atom stereocenters. The number of rotatable bonds is 4. The maximum atomic E-state index is 11.4. The zero-order chi connectivity index (χ0) is 12.7. The van der Waals surface area contributed by atoms with E-state index in [-0.39, 0.29) is 6.03 Å². The topological polar surface area (TPSA) is 64.9 Å². The third-order valence-corrected chi connectivity index (χ3v) is 2.47. The Bertz CT molecular complexity index is 440. The zero-order valence-corrected chi connectivity index (χ0v) is 10.3. The van der Waals surface area contributed by atoms with Gasteiger partial charge in [-0.25, -0.2) is 4.79 Å². The normalized spacial score (nSPS) is 9.47. The average Bonchev–Trinajstić information content (AvgIpc) is 2.32. The summed E-state index contributed by atoms with van der Waals surface area (Å²) in [4.78, 5) is 11.4. The van der Waals surface area contributed by atoms with Crippen molar-refractivity contribution in [2.75, 3.05) is 11.9 Å². The minimum Gasteiger partial charge on any atom is -0.338 e. The number of nitrogens with zero attached hydrogens (tertiary/aromatic N) is 1. The van der Waals surface area contributed by atoms with Gasteiger partial charge >= 0.3 is 6.03 Å². The molecule has 0 aliphatic heterocycles. The quantitative estimate of drug-likeness (QED) is 0.808. The van der Waals surface area contributed by atoms with E-state index in [1.807, 2.05) is 6.07 Å². The van der Waals surface area contributed by atoms with E-state index in [1.165, 1.54) is 6.07 Å². The fraction of sp³-hybridized carbons (Fsp3) is 0.333. The number of unbranched alkanes of at least 4 members (excludes halogenated alkanes) is 1. The maximum absolute atomic E-state index is 11.4. The smallest absolute Gasteiger partial charge is 0.319 e. The average molecular weight is 252 g/mol. The Hall–Kier alpha value is -1.73. The first-order chi connectivity index (χ1) is 8.17. The van der Waals surface area contributed by atoms with Crippen LogP contribution in [0.15, 0.2) is 18.2 Å². The van der Waals surface area contributed by atoms with Gasteiger partial charge in [-0.15, -0.1) is 0 Å². The number of urea groups is 1. The fourth-order valence-electron chi connectivity index (χ4n) is 1.23. The molecule has 4 nitrogen and oxygen atoms in total. The summed E-state index contributed by atoms with van der Waals surface area (Å²) in [5.74, 6) is 0. The molecule has 0 aromatic heterocycles. The molecule has 0 fully saturated rings. The zero-order valence-electron chi connectivity index (χ0n) is 9.59. The van der Waals surface area contributed by atoms with Crippen molar-refractivity contribution in [2.24, 2.45) is 0 Å². The summed E-state index contributed by atoms with van der Waals surface area (Å²) in [5, 5.41) is 14.4. The lowest BCUT2D eigenvalue weighted by molar-refractivity contribution is 0.252. The van der Waals surface area contributed by atoms with E-state index >= 15 is 0 Å². The van der Waals surface area contributed by atoms with Gasteiger partial charge < -0.3 is 10.6 Å². The number of nitriles is 1. The van der Waals surface area contributed by atoms with E-state index in [1.54, 1.807) is 12.1 Å². The van der Waals surface area contributed by atoms with Gasteiger partial charge in [0, 0.05) is 6.54 Å². The van der Waals surface area contributed by atoms with Crippen LogP contribution in [0.25, 0.3) is 0 Å². The molecule has 90 valence electrons. The molecule has 0 aliphatic carbocycles. The Morgan fingerprint density at radius 2 is 2.29 bits per heavy atom. The Labute approximate surface area is 106 Å². The number of benzene rings is 1. The minimum atomic E-state index is -0.287. The van der Waals surface area contributed by atoms with Gasteiger partial charge in [0.05, 0.1) is 22.3 Å². The third kappa shape index (κ3) is 4.33. The molecule has 0 aliphatic rings. The van der Waals surface area contributed by atoms with E-state index in [0.29, 0.717) is 22.8 Å². The molecular formula is C12H14ClN3O. The number of hydrogen-bond donors (Lipinski definition) is 2. The molecular weight excluding hydrogens is 238 g/mol. The summed E-state index contributed by atoms with van der Waals surface area (Å²) in [6.07, 6.45) is 1.96. The highest BCUT2D eigenvalue weighted by atomic mass is 35.5. The van der Waals surface area contributed by atoms with Crippen LogP contribution in [0.5, 0.6) is 0 Å². The van der Waals surface area contributed by atoms with E-state index in [9.17, 15) is 4.79 Å². The second kappa shape index (κ2) is 6.77. The summed E-state index contributed by atoms with van der Waals surface area (Å²) in [7, 11) is 0. The lowest BCUT2D eigenvalue weighted by Crippen LogP contribution is -2.29. The van der Waals surface area contributed by atoms with Crippen LogP contribution in [-0.4, -0.2) is 12.6 Å². The van der Waals surface area contributed by atoms with E-state index in [4.69, 9.17) is 16.9 Å². The second-order valence-corrected chi connectivity index (χ2v) is 3.95. The largest absolute Gasteiger partial charge is 0.338 e. The van der Waals surface area contributed by atoms with Gasteiger partial charge in [0.1, 0.15) is 0 Å². The molecule has 0 heterocycles. The van der Waals surface area contributed by atoms with Crippen molar-refractivity contribution >= 4 is 23.3 Å². The fourth-order valence-corrected chi connectivity index (χ4v) is 1.46. The van der Waals surface area contributed by atoms with Gasteiger partial charge in [0.25, 0.3) is 0 Å². The van der Waals surface area contributed by atoms with Crippen molar-refractivity contribution in [1.29, 1.82) is 5.26 Å². The Kier molecular flexibility index (Phi) is 5.31. The van der Waals surface area contributed by atoms with E-state index in [0.717, 1.165) is 12.8 Å². The summed E-state index contributed by atoms with van der Waals surface area (Å²) < 4.78 is 0. The van der Waals surface area contributed by atoms with Gasteiger partial charge in [-0.05, 0) is 24.6 Å². The van der Waals surface area contributed by atoms with E-state index < -0.39 is 0 Å². The first-order valence-electron chi connectivity index (χ1n) is 5.42. The number of hydrogen-bond acceptors (Lipinski definition) is 2. The van der Waals surface area contributed by atoms with Crippen LogP contribution in [-0.2, 0) is 0 Å². The summed E-state index contributed by atoms with van der Waals surface area (Å²) in [5.41, 5.74) is 0.964. The Balaban J connectivity index is 2.57. The molecule has 0 saturated heterocycles. The molecule has 17 heavy (non-hydrogen) atoms. The van der Waals surface area contributed by atoms with Gasteiger partial charge in [-0.2, -0.15) is 5.26 Å². The molecule has 5 heteroatoms. The molecule has 0 bridgehead atoms. The first-order valence-corrected chi connectivity index (χ1v) is 5.79. The highest BCUT2D eigenvalue weighted by Gasteiger charge is 2.05. The number of carbonyl (C=O) groups is 1. The number of nitrogens with one attached hydrogen (secondary N) is 2. The summed E-state index contributed by atoms with van der Waals surface area (Å²) in [6.45, 7) is 2.69. The molecule has 1 aromatic rings. The van der Waals surface area contributed by atoms with Crippen molar-refractivity contribution in [3.8, 4) is 6.07 Å². The molecule has 0 saturated carbocycles. The molecule has 1 rings (SSSR count). The molecule has 0 radical (unpaired) electrons. The summed E-state index contributed by atoms with van der Waals surface area (Å²) >= 11 is 5.92. The molecule has 0 spiro atoms. The van der Waals surface area contributed by atoms with Crippen molar-refractivity contribution in [3.05, 3.63) is 28.8 Å². The Morgan fingerprint density at radius 3 is 2.88 bits per heavy atom. The molecule has 1 aromatic carbocycles. The monoisotopic (exact) mass is 251 g/mol. The first kappa shape index (κ1) is 13.3. The van der Waals surface area contributed by atoms with Gasteiger partial charge in [0.2, 0.25) is 0 Å². The van der Waals surface area contributed by atoms with Crippen molar-refractivity contribution < 1.29 is 4.79 Å². The maximum Gasteiger partial charge on any atom is 0.319 e. The minimum absolute atomic E-state index is 0.287. The number of amides is 2. The van der Waals surface area contributed by atoms with Crippen molar-refractivity contribution in [1.82, 2.24) is 5.32 Å².